The van der Waals surface area contributed by atoms with Crippen LogP contribution in [0.4, 0.5) is 0 Å². The molecule has 2 heterocycles. The van der Waals surface area contributed by atoms with Gasteiger partial charge in [-0.25, -0.2) is 8.42 Å². The van der Waals surface area contributed by atoms with Crippen LogP contribution in [-0.2, 0) is 14.6 Å². The first-order chi connectivity index (χ1) is 9.89. The van der Waals surface area contributed by atoms with Crippen LogP contribution in [0.15, 0.2) is 0 Å². The first-order valence-corrected chi connectivity index (χ1v) is 9.58. The van der Waals surface area contributed by atoms with Gasteiger partial charge in [0.05, 0.1) is 18.1 Å². The van der Waals surface area contributed by atoms with Crippen molar-refractivity contribution >= 4 is 15.7 Å². The highest BCUT2D eigenvalue weighted by Gasteiger charge is 2.33. The van der Waals surface area contributed by atoms with E-state index < -0.39 is 9.84 Å². The minimum Gasteiger partial charge on any atom is -0.341 e. The quantitative estimate of drug-likeness (QED) is 0.771. The molecule has 0 radical (unpaired) electrons. The van der Waals surface area contributed by atoms with Crippen LogP contribution in [0.5, 0.6) is 0 Å². The van der Waals surface area contributed by atoms with Crippen LogP contribution in [0.3, 0.4) is 0 Å². The van der Waals surface area contributed by atoms with Gasteiger partial charge in [0.2, 0.25) is 5.91 Å². The van der Waals surface area contributed by atoms with Crippen molar-refractivity contribution in [3.05, 3.63) is 0 Å². The predicted octanol–water partition coefficient (Wildman–Crippen LogP) is -0.294. The molecule has 0 saturated carbocycles. The molecule has 0 aromatic rings. The smallest absolute Gasteiger partial charge is 0.236 e. The highest BCUT2D eigenvalue weighted by atomic mass is 32.2. The normalized spacial score (nSPS) is 29.3. The van der Waals surface area contributed by atoms with E-state index >= 15 is 0 Å². The van der Waals surface area contributed by atoms with Crippen LogP contribution in [0.25, 0.3) is 0 Å². The number of hydrogen-bond donors (Lipinski definition) is 1. The summed E-state index contributed by atoms with van der Waals surface area (Å²) < 4.78 is 23.0. The Morgan fingerprint density at radius 2 is 1.90 bits per heavy atom. The van der Waals surface area contributed by atoms with E-state index in [1.165, 1.54) is 0 Å². The first kappa shape index (κ1) is 16.7. The minimum atomic E-state index is -2.94. The number of nitrogens with one attached hydrogen (secondary N) is 1. The highest BCUT2D eigenvalue weighted by molar-refractivity contribution is 7.91. The van der Waals surface area contributed by atoms with Gasteiger partial charge in [-0.15, -0.1) is 0 Å². The van der Waals surface area contributed by atoms with Crippen molar-refractivity contribution in [1.82, 2.24) is 15.1 Å². The third-order valence-corrected chi connectivity index (χ3v) is 6.45. The van der Waals surface area contributed by atoms with Gasteiger partial charge in [-0.3, -0.25) is 9.69 Å². The van der Waals surface area contributed by atoms with Gasteiger partial charge in [-0.2, -0.15) is 0 Å². The van der Waals surface area contributed by atoms with Crippen LogP contribution >= 0.6 is 0 Å². The Balaban J connectivity index is 1.85. The van der Waals surface area contributed by atoms with Crippen molar-refractivity contribution in [2.75, 3.05) is 45.2 Å². The molecule has 6 nitrogen and oxygen atoms in total. The van der Waals surface area contributed by atoms with Crippen molar-refractivity contribution < 1.29 is 13.2 Å². The summed E-state index contributed by atoms with van der Waals surface area (Å²) in [6.07, 6.45) is 3.88. The maximum absolute atomic E-state index is 12.4. The summed E-state index contributed by atoms with van der Waals surface area (Å²) in [5, 5.41) is 3.37. The van der Waals surface area contributed by atoms with Gasteiger partial charge in [-0.05, 0) is 45.8 Å². The summed E-state index contributed by atoms with van der Waals surface area (Å²) in [5.74, 6) is 0.350. The second kappa shape index (κ2) is 7.07. The molecular weight excluding hydrogens is 290 g/mol. The summed E-state index contributed by atoms with van der Waals surface area (Å²) >= 11 is 0. The maximum Gasteiger partial charge on any atom is 0.236 e. The molecule has 2 aliphatic rings. The van der Waals surface area contributed by atoms with Crippen LogP contribution in [0.1, 0.15) is 25.7 Å². The summed E-state index contributed by atoms with van der Waals surface area (Å²) in [4.78, 5) is 16.1. The predicted molar refractivity (Wildman–Crippen MR) is 83.0 cm³/mol. The molecule has 0 aromatic carbocycles. The molecular formula is C14H27N3O3S. The Labute approximate surface area is 127 Å². The Morgan fingerprint density at radius 3 is 2.57 bits per heavy atom. The van der Waals surface area contributed by atoms with Gasteiger partial charge in [0.15, 0.2) is 9.84 Å². The van der Waals surface area contributed by atoms with Gasteiger partial charge in [0.1, 0.15) is 0 Å². The topological polar surface area (TPSA) is 69.7 Å². The summed E-state index contributed by atoms with van der Waals surface area (Å²) in [5.41, 5.74) is 0. The molecule has 2 atom stereocenters. The lowest BCUT2D eigenvalue weighted by Gasteiger charge is -2.30. The van der Waals surface area contributed by atoms with Crippen molar-refractivity contribution in [3.63, 3.8) is 0 Å². The van der Waals surface area contributed by atoms with Gasteiger partial charge in [-0.1, -0.05) is 0 Å². The van der Waals surface area contributed by atoms with Crippen LogP contribution in [0.2, 0.25) is 0 Å². The van der Waals surface area contributed by atoms with E-state index in [0.717, 1.165) is 32.4 Å². The maximum atomic E-state index is 12.4. The van der Waals surface area contributed by atoms with Crippen LogP contribution in [-0.4, -0.2) is 81.4 Å². The molecule has 0 aliphatic carbocycles. The number of carbonyl (C=O) groups excluding carboxylic acids is 1. The third-order valence-electron chi connectivity index (χ3n) is 4.70. The molecule has 0 bridgehead atoms. The third kappa shape index (κ3) is 4.66. The van der Waals surface area contributed by atoms with Gasteiger partial charge in [0, 0.05) is 19.1 Å². The van der Waals surface area contributed by atoms with Crippen molar-refractivity contribution in [1.29, 1.82) is 0 Å². The van der Waals surface area contributed by atoms with Gasteiger partial charge in [0.25, 0.3) is 0 Å². The minimum absolute atomic E-state index is 0.0248. The molecule has 1 N–H and O–H groups in total. The Bertz CT molecular complexity index is 458. The standard InChI is InChI=1S/C14H27N3O3S/c1-16(12-4-3-7-15-8-5-12)10-14(18)17(2)13-6-9-21(19,20)11-13/h12-13,15H,3-11H2,1-2H3. The Morgan fingerprint density at radius 1 is 1.14 bits per heavy atom. The molecule has 2 unspecified atom stereocenters. The molecule has 21 heavy (non-hydrogen) atoms. The number of rotatable bonds is 4. The lowest BCUT2D eigenvalue weighted by atomic mass is 10.1. The highest BCUT2D eigenvalue weighted by Crippen LogP contribution is 2.17. The second-order valence-corrected chi connectivity index (χ2v) is 8.54. The fourth-order valence-corrected chi connectivity index (χ4v) is 4.95. The van der Waals surface area contributed by atoms with E-state index in [1.54, 1.807) is 11.9 Å². The number of nitrogens with zero attached hydrogens (tertiary/aromatic N) is 2. The molecule has 2 rings (SSSR count). The first-order valence-electron chi connectivity index (χ1n) is 7.76. The number of hydrogen-bond acceptors (Lipinski definition) is 5. The number of likely N-dealkylation sites (N-methyl/N-ethyl adjacent to an activating group) is 2. The van der Waals surface area contributed by atoms with E-state index in [9.17, 15) is 13.2 Å². The van der Waals surface area contributed by atoms with E-state index in [1.807, 2.05) is 7.05 Å². The van der Waals surface area contributed by atoms with E-state index in [-0.39, 0.29) is 23.5 Å². The average molecular weight is 317 g/mol. The molecule has 0 aromatic heterocycles. The Hall–Kier alpha value is -0.660. The second-order valence-electron chi connectivity index (χ2n) is 6.31. The zero-order valence-electron chi connectivity index (χ0n) is 13.0. The lowest BCUT2D eigenvalue weighted by Crippen LogP contribution is -2.45. The summed E-state index contributed by atoms with van der Waals surface area (Å²) in [6, 6.07) is 0.288. The molecule has 2 aliphatic heterocycles. The average Bonchev–Trinajstić information content (AvgIpc) is 2.66. The molecule has 2 saturated heterocycles. The van der Waals surface area contributed by atoms with Gasteiger partial charge < -0.3 is 10.2 Å². The molecule has 122 valence electrons. The summed E-state index contributed by atoms with van der Waals surface area (Å²) in [7, 11) is 0.782. The fraction of sp³-hybridized carbons (Fsp3) is 0.929. The monoisotopic (exact) mass is 317 g/mol. The van der Waals surface area contributed by atoms with Crippen molar-refractivity contribution in [3.8, 4) is 0 Å². The SMILES string of the molecule is CN(CC(=O)N(C)C1CCS(=O)(=O)C1)C1CCCNCC1. The Kier molecular flexibility index (Phi) is 5.62. The number of sulfone groups is 1. The van der Waals surface area contributed by atoms with E-state index in [0.29, 0.717) is 19.0 Å². The van der Waals surface area contributed by atoms with Crippen LogP contribution < -0.4 is 5.32 Å². The van der Waals surface area contributed by atoms with Crippen molar-refractivity contribution in [2.24, 2.45) is 0 Å². The lowest BCUT2D eigenvalue weighted by molar-refractivity contribution is -0.133. The molecule has 1 amide bonds. The van der Waals surface area contributed by atoms with Crippen LogP contribution in [0, 0.1) is 0 Å². The fourth-order valence-electron chi connectivity index (χ4n) is 3.18. The van der Waals surface area contributed by atoms with E-state index in [4.69, 9.17) is 0 Å². The van der Waals surface area contributed by atoms with Crippen molar-refractivity contribution in [2.45, 2.75) is 37.8 Å². The molecule has 7 heteroatoms. The zero-order chi connectivity index (χ0) is 15.5. The largest absolute Gasteiger partial charge is 0.341 e. The molecule has 0 spiro atoms. The van der Waals surface area contributed by atoms with Gasteiger partial charge >= 0.3 is 0 Å². The number of amides is 1. The number of carbonyl (C=O) groups is 1. The summed E-state index contributed by atoms with van der Waals surface area (Å²) in [6.45, 7) is 2.43. The van der Waals surface area contributed by atoms with E-state index in [2.05, 4.69) is 10.2 Å². The zero-order valence-corrected chi connectivity index (χ0v) is 13.9. The molecule has 2 fully saturated rings.